The molecule has 6 atom stereocenters. The van der Waals surface area contributed by atoms with Crippen molar-refractivity contribution in [2.45, 2.75) is 88.6 Å². The number of phenolic OH excluding ortho intramolecular Hbond substituents is 1. The van der Waals surface area contributed by atoms with Gasteiger partial charge in [-0.05, 0) is 39.1 Å². The van der Waals surface area contributed by atoms with Crippen LogP contribution < -0.4 is 5.73 Å². The van der Waals surface area contributed by atoms with Gasteiger partial charge < -0.3 is 36.4 Å². The van der Waals surface area contributed by atoms with Gasteiger partial charge in [0, 0.05) is 0 Å². The molecule has 1 amide bonds. The molecule has 16 heteroatoms. The van der Waals surface area contributed by atoms with E-state index in [-0.39, 0.29) is 17.7 Å². The number of amides is 1. The van der Waals surface area contributed by atoms with Crippen molar-refractivity contribution in [3.05, 3.63) is 46.2 Å². The van der Waals surface area contributed by atoms with Crippen molar-refractivity contribution in [3.8, 4) is 5.75 Å². The van der Waals surface area contributed by atoms with E-state index in [2.05, 4.69) is 11.1 Å². The van der Waals surface area contributed by atoms with E-state index in [1.165, 1.54) is 76.2 Å². The van der Waals surface area contributed by atoms with Gasteiger partial charge in [0.25, 0.3) is 5.91 Å². The molecule has 268 valence electrons. The quantitative estimate of drug-likeness (QED) is 0.0875. The van der Waals surface area contributed by atoms with Crippen LogP contribution in [0.1, 0.15) is 76.3 Å². The molecule has 0 radical (unpaired) electrons. The number of aliphatic hydroxyl groups is 5. The van der Waals surface area contributed by atoms with E-state index in [9.17, 15) is 53.4 Å². The Labute approximate surface area is 279 Å². The monoisotopic (exact) mass is 698 g/mol. The van der Waals surface area contributed by atoms with Gasteiger partial charge in [-0.25, -0.2) is 4.18 Å². The predicted octanol–water partition coefficient (Wildman–Crippen LogP) is 1.55. The van der Waals surface area contributed by atoms with Crippen LogP contribution in [-0.4, -0.2) is 104 Å². The van der Waals surface area contributed by atoms with E-state index in [1.807, 2.05) is 0 Å². The molecule has 48 heavy (non-hydrogen) atoms. The lowest BCUT2D eigenvalue weighted by Crippen LogP contribution is -2.71. The summed E-state index contributed by atoms with van der Waals surface area (Å²) in [4.78, 5) is 39.9. The SMILES string of the molecule is CCCCCCCCCCOS(=O)(=O)O.CN(C)C1C(=O)C(C(N)=O)=C(O)C2(O)C(=O)C3=C(O)c4c(O)cccc4C(C)(O)C3C(O)C12. The molecule has 1 aromatic rings. The first-order chi connectivity index (χ1) is 22.3. The highest BCUT2D eigenvalue weighted by molar-refractivity contribution is 7.80. The topological polar surface area (TPSA) is 265 Å². The molecule has 3 aliphatic carbocycles. The zero-order valence-corrected chi connectivity index (χ0v) is 28.2. The van der Waals surface area contributed by atoms with E-state index in [1.54, 1.807) is 0 Å². The number of carbonyl (C=O) groups excluding carboxylic acids is 3. The number of Topliss-reactive ketones (excluding diaryl/α,β-unsaturated/α-hetero) is 2. The fourth-order valence-electron chi connectivity index (χ4n) is 7.00. The molecule has 1 aromatic carbocycles. The molecule has 0 aromatic heterocycles. The molecule has 15 nitrogen and oxygen atoms in total. The number of rotatable bonds is 12. The van der Waals surface area contributed by atoms with Crippen molar-refractivity contribution >= 4 is 33.6 Å². The van der Waals surface area contributed by atoms with Crippen LogP contribution in [-0.2, 0) is 34.6 Å². The Balaban J connectivity index is 0.000000353. The van der Waals surface area contributed by atoms with Crippen LogP contribution in [0.15, 0.2) is 35.1 Å². The van der Waals surface area contributed by atoms with Gasteiger partial charge in [0.2, 0.25) is 5.78 Å². The highest BCUT2D eigenvalue weighted by atomic mass is 32.3. The molecule has 4 rings (SSSR count). The summed E-state index contributed by atoms with van der Waals surface area (Å²) in [7, 11) is -1.43. The number of benzene rings is 1. The van der Waals surface area contributed by atoms with Crippen LogP contribution in [0, 0.1) is 11.8 Å². The van der Waals surface area contributed by atoms with Crippen LogP contribution in [0.3, 0.4) is 0 Å². The van der Waals surface area contributed by atoms with E-state index in [0.717, 1.165) is 12.8 Å². The predicted molar refractivity (Wildman–Crippen MR) is 172 cm³/mol. The Morgan fingerprint density at radius 1 is 1.00 bits per heavy atom. The second-order valence-electron chi connectivity index (χ2n) is 12.8. The second kappa shape index (κ2) is 15.0. The third kappa shape index (κ3) is 7.29. The maximum Gasteiger partial charge on any atom is 0.397 e. The van der Waals surface area contributed by atoms with Crippen molar-refractivity contribution < 1.29 is 62.2 Å². The molecular weight excluding hydrogens is 652 g/mol. The van der Waals surface area contributed by atoms with Crippen LogP contribution in [0.25, 0.3) is 5.76 Å². The number of unbranched alkanes of at least 4 members (excludes halogenated alkanes) is 7. The van der Waals surface area contributed by atoms with Gasteiger partial charge in [0.1, 0.15) is 22.8 Å². The summed E-state index contributed by atoms with van der Waals surface area (Å²) in [6.45, 7) is 3.53. The lowest BCUT2D eigenvalue weighted by molar-refractivity contribution is -0.181. The number of aliphatic hydroxyl groups excluding tert-OH is 3. The van der Waals surface area contributed by atoms with Crippen molar-refractivity contribution in [2.24, 2.45) is 17.6 Å². The fraction of sp³-hybridized carbons (Fsp3) is 0.594. The number of hydrogen-bond donors (Lipinski definition) is 8. The first-order valence-electron chi connectivity index (χ1n) is 15.8. The number of phenols is 1. The molecule has 3 aliphatic rings. The highest BCUT2D eigenvalue weighted by Gasteiger charge is 2.70. The fourth-order valence-corrected chi connectivity index (χ4v) is 7.33. The maximum atomic E-state index is 13.7. The van der Waals surface area contributed by atoms with E-state index in [4.69, 9.17) is 10.3 Å². The van der Waals surface area contributed by atoms with E-state index < -0.39 is 91.5 Å². The molecule has 6 unspecified atom stereocenters. The molecule has 0 heterocycles. The average Bonchev–Trinajstić information content (AvgIpc) is 2.97. The molecule has 9 N–H and O–H groups in total. The number of hydrogen-bond acceptors (Lipinski definition) is 13. The third-order valence-corrected chi connectivity index (χ3v) is 9.73. The van der Waals surface area contributed by atoms with Crippen LogP contribution in [0.2, 0.25) is 0 Å². The Bertz CT molecular complexity index is 1580. The number of nitrogens with two attached hydrogens (primary N) is 1. The normalized spacial score (nSPS) is 28.4. The van der Waals surface area contributed by atoms with Gasteiger partial charge in [-0.2, -0.15) is 8.42 Å². The van der Waals surface area contributed by atoms with Gasteiger partial charge in [-0.3, -0.25) is 23.8 Å². The summed E-state index contributed by atoms with van der Waals surface area (Å²) in [5, 5.41) is 66.3. The van der Waals surface area contributed by atoms with Gasteiger partial charge in [-0.15, -0.1) is 0 Å². The first-order valence-corrected chi connectivity index (χ1v) is 17.1. The van der Waals surface area contributed by atoms with Crippen molar-refractivity contribution in [2.75, 3.05) is 20.7 Å². The van der Waals surface area contributed by atoms with Gasteiger partial charge in [0.15, 0.2) is 11.4 Å². The largest absolute Gasteiger partial charge is 0.508 e. The number of aromatic hydroxyl groups is 1. The zero-order chi connectivity index (χ0) is 36.4. The Morgan fingerprint density at radius 2 is 1.56 bits per heavy atom. The van der Waals surface area contributed by atoms with E-state index >= 15 is 0 Å². The summed E-state index contributed by atoms with van der Waals surface area (Å²) < 4.78 is 32.8. The highest BCUT2D eigenvalue weighted by Crippen LogP contribution is 2.57. The molecule has 0 aliphatic heterocycles. The Hall–Kier alpha value is -3.38. The smallest absolute Gasteiger partial charge is 0.397 e. The van der Waals surface area contributed by atoms with Crippen LogP contribution in [0.4, 0.5) is 0 Å². The minimum absolute atomic E-state index is 0.00664. The van der Waals surface area contributed by atoms with E-state index in [0.29, 0.717) is 6.42 Å². The van der Waals surface area contributed by atoms with Crippen molar-refractivity contribution in [1.29, 1.82) is 0 Å². The summed E-state index contributed by atoms with van der Waals surface area (Å²) in [5.74, 6) is -9.67. The number of nitrogens with zero attached hydrogens (tertiary/aromatic N) is 1. The van der Waals surface area contributed by atoms with Gasteiger partial charge in [-0.1, -0.05) is 64.0 Å². The number of ketones is 2. The second-order valence-corrected chi connectivity index (χ2v) is 13.9. The molecule has 0 saturated heterocycles. The minimum atomic E-state index is -4.23. The van der Waals surface area contributed by atoms with Crippen molar-refractivity contribution in [1.82, 2.24) is 4.90 Å². The summed E-state index contributed by atoms with van der Waals surface area (Å²) in [6, 6.07) is 2.50. The third-order valence-electron chi connectivity index (χ3n) is 9.26. The lowest BCUT2D eigenvalue weighted by Gasteiger charge is -2.55. The summed E-state index contributed by atoms with van der Waals surface area (Å²) >= 11 is 0. The molecule has 0 bridgehead atoms. The number of carbonyl (C=O) groups is 3. The number of primary amides is 1. The molecule has 1 saturated carbocycles. The number of fused-ring (bicyclic) bond motifs is 3. The average molecular weight is 699 g/mol. The van der Waals surface area contributed by atoms with Gasteiger partial charge >= 0.3 is 10.4 Å². The van der Waals surface area contributed by atoms with Gasteiger partial charge in [0.05, 0.1) is 47.3 Å². The summed E-state index contributed by atoms with van der Waals surface area (Å²) in [5.41, 5.74) is -1.78. The number of likely N-dealkylation sites (N-methyl/N-ethyl adjacent to an activating group) is 1. The molecule has 1 fully saturated rings. The molecular formula is C32H46N2O13S. The van der Waals surface area contributed by atoms with Crippen LogP contribution in [0.5, 0.6) is 5.75 Å². The Morgan fingerprint density at radius 3 is 2.08 bits per heavy atom. The Kier molecular flexibility index (Phi) is 12.2. The lowest BCUT2D eigenvalue weighted by atomic mass is 9.53. The summed E-state index contributed by atoms with van der Waals surface area (Å²) in [6.07, 6.45) is 7.18. The first kappa shape index (κ1) is 39.1. The maximum absolute atomic E-state index is 13.7. The van der Waals surface area contributed by atoms with Crippen molar-refractivity contribution in [3.63, 3.8) is 0 Å². The van der Waals surface area contributed by atoms with Crippen LogP contribution >= 0.6 is 0 Å². The minimum Gasteiger partial charge on any atom is -0.508 e. The standard InChI is InChI=1S/C22H24N2O9.C10H22O4S/c1-21(32)7-5-4-6-8(25)9(7)15(26)10-12(21)17(28)13-14(24(2)3)16(27)11(20(23)31)19(30)22(13,33)18(10)29;1-2-3-4-5-6-7-8-9-10-14-15(11,12)13/h4-6,12-14,17,25-26,28,30,32-33H,1-3H3,(H2,23,31);2-10H2,1H3,(H,11,12,13). The zero-order valence-electron chi connectivity index (χ0n) is 27.4. The molecule has 0 spiro atoms.